The molecule has 1 aromatic rings. The highest BCUT2D eigenvalue weighted by molar-refractivity contribution is 6.04. The molecule has 1 fully saturated rings. The lowest BCUT2D eigenvalue weighted by Crippen LogP contribution is -2.38. The number of para-hydroxylation sites is 1. The standard InChI is InChI=1S/C17H25N3O2/c1-2-8-14(18)16(21)19-15-10-5-4-9-13(15)17(22)20-11-6-3-7-12-20/h4-5,9-10,14H,2-3,6-8,11-12,18H2,1H3,(H,19,21). The van der Waals surface area contributed by atoms with Crippen molar-refractivity contribution >= 4 is 17.5 Å². The Morgan fingerprint density at radius 3 is 2.59 bits per heavy atom. The van der Waals surface area contributed by atoms with E-state index in [1.165, 1.54) is 6.42 Å². The van der Waals surface area contributed by atoms with Gasteiger partial charge >= 0.3 is 0 Å². The molecular weight excluding hydrogens is 278 g/mol. The predicted molar refractivity (Wildman–Crippen MR) is 87.7 cm³/mol. The molecule has 1 aromatic carbocycles. The first-order valence-electron chi connectivity index (χ1n) is 8.08. The summed E-state index contributed by atoms with van der Waals surface area (Å²) in [5.74, 6) is -0.250. The van der Waals surface area contributed by atoms with E-state index in [9.17, 15) is 9.59 Å². The molecule has 1 aliphatic heterocycles. The fourth-order valence-corrected chi connectivity index (χ4v) is 2.71. The van der Waals surface area contributed by atoms with Crippen LogP contribution in [0.5, 0.6) is 0 Å². The van der Waals surface area contributed by atoms with Crippen LogP contribution in [0.25, 0.3) is 0 Å². The zero-order valence-electron chi connectivity index (χ0n) is 13.2. The van der Waals surface area contributed by atoms with E-state index in [4.69, 9.17) is 5.73 Å². The Hall–Kier alpha value is -1.88. The zero-order valence-corrected chi connectivity index (χ0v) is 13.2. The van der Waals surface area contributed by atoms with Crippen LogP contribution in [0.4, 0.5) is 5.69 Å². The molecule has 1 heterocycles. The number of likely N-dealkylation sites (tertiary alicyclic amines) is 1. The third-order valence-corrected chi connectivity index (χ3v) is 4.00. The van der Waals surface area contributed by atoms with Gasteiger partial charge in [0.2, 0.25) is 5.91 Å². The Morgan fingerprint density at radius 1 is 1.23 bits per heavy atom. The average Bonchev–Trinajstić information content (AvgIpc) is 2.55. The molecule has 1 saturated heterocycles. The van der Waals surface area contributed by atoms with Crippen LogP contribution in [0.2, 0.25) is 0 Å². The lowest BCUT2D eigenvalue weighted by atomic mass is 10.1. The van der Waals surface area contributed by atoms with E-state index in [0.29, 0.717) is 17.7 Å². The number of hydrogen-bond donors (Lipinski definition) is 2. The largest absolute Gasteiger partial charge is 0.339 e. The van der Waals surface area contributed by atoms with Crippen LogP contribution in [0.1, 0.15) is 49.4 Å². The van der Waals surface area contributed by atoms with Crippen molar-refractivity contribution in [1.29, 1.82) is 0 Å². The van der Waals surface area contributed by atoms with Gasteiger partial charge in [0.15, 0.2) is 0 Å². The number of rotatable bonds is 5. The van der Waals surface area contributed by atoms with Crippen LogP contribution in [0.15, 0.2) is 24.3 Å². The molecule has 1 aliphatic rings. The number of piperidine rings is 1. The number of amides is 2. The van der Waals surface area contributed by atoms with E-state index in [1.807, 2.05) is 24.0 Å². The highest BCUT2D eigenvalue weighted by Gasteiger charge is 2.22. The molecule has 22 heavy (non-hydrogen) atoms. The summed E-state index contributed by atoms with van der Waals surface area (Å²) in [6.07, 6.45) is 4.74. The van der Waals surface area contributed by atoms with Crippen molar-refractivity contribution in [3.05, 3.63) is 29.8 Å². The van der Waals surface area contributed by atoms with Gasteiger partial charge in [-0.15, -0.1) is 0 Å². The smallest absolute Gasteiger partial charge is 0.255 e. The van der Waals surface area contributed by atoms with E-state index in [1.54, 1.807) is 12.1 Å². The fraction of sp³-hybridized carbons (Fsp3) is 0.529. The van der Waals surface area contributed by atoms with Crippen molar-refractivity contribution in [3.8, 4) is 0 Å². The van der Waals surface area contributed by atoms with Crippen LogP contribution in [0, 0.1) is 0 Å². The monoisotopic (exact) mass is 303 g/mol. The molecule has 1 atom stereocenters. The van der Waals surface area contributed by atoms with E-state index in [-0.39, 0.29) is 11.8 Å². The summed E-state index contributed by atoms with van der Waals surface area (Å²) >= 11 is 0. The van der Waals surface area contributed by atoms with Gasteiger partial charge in [0.1, 0.15) is 0 Å². The maximum atomic E-state index is 12.6. The van der Waals surface area contributed by atoms with Crippen molar-refractivity contribution in [1.82, 2.24) is 4.90 Å². The highest BCUT2D eigenvalue weighted by Crippen LogP contribution is 2.20. The summed E-state index contributed by atoms with van der Waals surface area (Å²) < 4.78 is 0. The van der Waals surface area contributed by atoms with Crippen molar-refractivity contribution < 1.29 is 9.59 Å². The minimum atomic E-state index is -0.539. The summed E-state index contributed by atoms with van der Waals surface area (Å²) in [5.41, 5.74) is 6.93. The fourth-order valence-electron chi connectivity index (χ4n) is 2.71. The first-order valence-corrected chi connectivity index (χ1v) is 8.08. The highest BCUT2D eigenvalue weighted by atomic mass is 16.2. The van der Waals surface area contributed by atoms with Gasteiger partial charge in [-0.2, -0.15) is 0 Å². The maximum Gasteiger partial charge on any atom is 0.255 e. The molecular formula is C17H25N3O2. The first-order chi connectivity index (χ1) is 10.6. The van der Waals surface area contributed by atoms with Crippen LogP contribution in [-0.4, -0.2) is 35.8 Å². The Labute approximate surface area is 131 Å². The van der Waals surface area contributed by atoms with Gasteiger partial charge in [-0.05, 0) is 37.8 Å². The Kier molecular flexibility index (Phi) is 5.95. The Morgan fingerprint density at radius 2 is 1.91 bits per heavy atom. The second-order valence-electron chi connectivity index (χ2n) is 5.78. The summed E-state index contributed by atoms with van der Waals surface area (Å²) in [5, 5.41) is 2.80. The van der Waals surface area contributed by atoms with Gasteiger partial charge in [0, 0.05) is 13.1 Å². The van der Waals surface area contributed by atoms with Crippen molar-refractivity contribution in [2.24, 2.45) is 5.73 Å². The molecule has 0 saturated carbocycles. The molecule has 120 valence electrons. The topological polar surface area (TPSA) is 75.4 Å². The minimum Gasteiger partial charge on any atom is -0.339 e. The SMILES string of the molecule is CCCC(N)C(=O)Nc1ccccc1C(=O)N1CCCCC1. The number of anilines is 1. The normalized spacial score (nSPS) is 16.2. The molecule has 0 aliphatic carbocycles. The van der Waals surface area contributed by atoms with E-state index < -0.39 is 6.04 Å². The summed E-state index contributed by atoms with van der Waals surface area (Å²) in [7, 11) is 0. The van der Waals surface area contributed by atoms with E-state index >= 15 is 0 Å². The number of carbonyl (C=O) groups is 2. The van der Waals surface area contributed by atoms with Gasteiger partial charge in [0.05, 0.1) is 17.3 Å². The Balaban J connectivity index is 2.12. The van der Waals surface area contributed by atoms with Gasteiger partial charge in [-0.3, -0.25) is 9.59 Å². The van der Waals surface area contributed by atoms with Crippen molar-refractivity contribution in [2.75, 3.05) is 18.4 Å². The number of nitrogens with one attached hydrogen (secondary N) is 1. The number of nitrogens with two attached hydrogens (primary N) is 1. The molecule has 0 spiro atoms. The quantitative estimate of drug-likeness (QED) is 0.877. The lowest BCUT2D eigenvalue weighted by molar-refractivity contribution is -0.117. The second kappa shape index (κ2) is 7.94. The number of benzene rings is 1. The third kappa shape index (κ3) is 4.07. The summed E-state index contributed by atoms with van der Waals surface area (Å²) in [6.45, 7) is 3.56. The first kappa shape index (κ1) is 16.5. The minimum absolute atomic E-state index is 0.0142. The molecule has 1 unspecified atom stereocenters. The van der Waals surface area contributed by atoms with E-state index in [2.05, 4.69) is 5.32 Å². The second-order valence-corrected chi connectivity index (χ2v) is 5.78. The van der Waals surface area contributed by atoms with Crippen molar-refractivity contribution in [3.63, 3.8) is 0 Å². The molecule has 3 N–H and O–H groups in total. The number of carbonyl (C=O) groups excluding carboxylic acids is 2. The molecule has 0 aromatic heterocycles. The van der Waals surface area contributed by atoms with Gasteiger partial charge in [0.25, 0.3) is 5.91 Å². The van der Waals surface area contributed by atoms with E-state index in [0.717, 1.165) is 32.4 Å². The molecule has 0 radical (unpaired) electrons. The van der Waals surface area contributed by atoms with Gasteiger partial charge < -0.3 is 16.0 Å². The third-order valence-electron chi connectivity index (χ3n) is 4.00. The van der Waals surface area contributed by atoms with Crippen LogP contribution in [-0.2, 0) is 4.79 Å². The van der Waals surface area contributed by atoms with Crippen LogP contribution >= 0.6 is 0 Å². The Bertz CT molecular complexity index is 524. The van der Waals surface area contributed by atoms with Gasteiger partial charge in [-0.1, -0.05) is 25.5 Å². The van der Waals surface area contributed by atoms with Gasteiger partial charge in [-0.25, -0.2) is 0 Å². The molecule has 5 nitrogen and oxygen atoms in total. The number of hydrogen-bond acceptors (Lipinski definition) is 3. The van der Waals surface area contributed by atoms with Crippen LogP contribution in [0.3, 0.4) is 0 Å². The number of nitrogens with zero attached hydrogens (tertiary/aromatic N) is 1. The average molecular weight is 303 g/mol. The molecule has 5 heteroatoms. The van der Waals surface area contributed by atoms with Crippen LogP contribution < -0.4 is 11.1 Å². The molecule has 0 bridgehead atoms. The summed E-state index contributed by atoms with van der Waals surface area (Å²) in [4.78, 5) is 26.6. The summed E-state index contributed by atoms with van der Waals surface area (Å²) in [6, 6.07) is 6.61. The lowest BCUT2D eigenvalue weighted by Gasteiger charge is -2.27. The predicted octanol–water partition coefficient (Wildman–Crippen LogP) is 2.38. The molecule has 2 amide bonds. The maximum absolute atomic E-state index is 12.6. The zero-order chi connectivity index (χ0) is 15.9. The molecule has 2 rings (SSSR count). The van der Waals surface area contributed by atoms with Crippen molar-refractivity contribution in [2.45, 2.75) is 45.1 Å².